The number of nitrogens with zero attached hydrogens (tertiary/aromatic N) is 3. The van der Waals surface area contributed by atoms with Crippen LogP contribution in [-0.2, 0) is 10.3 Å². The summed E-state index contributed by atoms with van der Waals surface area (Å²) in [5, 5.41) is 3.01. The minimum absolute atomic E-state index is 0.0263. The second-order valence-corrected chi connectivity index (χ2v) is 8.49. The first kappa shape index (κ1) is 22.3. The van der Waals surface area contributed by atoms with Crippen molar-refractivity contribution in [1.82, 2.24) is 9.97 Å². The summed E-state index contributed by atoms with van der Waals surface area (Å²) >= 11 is 1.43. The number of anilines is 1. The molecule has 1 amide bonds. The number of halogens is 3. The fourth-order valence-corrected chi connectivity index (χ4v) is 5.16. The zero-order chi connectivity index (χ0) is 22.9. The number of nitrogens with two attached hydrogens (primary N) is 1. The topological polar surface area (TPSA) is 112 Å². The lowest BCUT2D eigenvalue weighted by Gasteiger charge is -2.36. The van der Waals surface area contributed by atoms with Gasteiger partial charge in [0.05, 0.1) is 24.0 Å². The quantitative estimate of drug-likeness (QED) is 0.671. The largest absolute Gasteiger partial charge is 0.415 e. The van der Waals surface area contributed by atoms with E-state index >= 15 is 0 Å². The van der Waals surface area contributed by atoms with E-state index in [-0.39, 0.29) is 17.7 Å². The Morgan fingerprint density at radius 2 is 2.16 bits per heavy atom. The van der Waals surface area contributed by atoms with Crippen molar-refractivity contribution in [2.24, 2.45) is 16.6 Å². The molecule has 0 spiro atoms. The second kappa shape index (κ2) is 8.94. The van der Waals surface area contributed by atoms with Gasteiger partial charge in [0, 0.05) is 36.5 Å². The lowest BCUT2D eigenvalue weighted by Crippen LogP contribution is -2.37. The summed E-state index contributed by atoms with van der Waals surface area (Å²) in [7, 11) is 1.61. The van der Waals surface area contributed by atoms with Crippen LogP contribution in [0.3, 0.4) is 0 Å². The molecule has 1 aromatic carbocycles. The van der Waals surface area contributed by atoms with E-state index in [0.29, 0.717) is 28.6 Å². The van der Waals surface area contributed by atoms with E-state index in [1.54, 1.807) is 7.11 Å². The molecule has 4 rings (SSSR count). The van der Waals surface area contributed by atoms with Crippen molar-refractivity contribution in [3.63, 3.8) is 0 Å². The van der Waals surface area contributed by atoms with Crippen molar-refractivity contribution in [3.8, 4) is 5.88 Å². The predicted octanol–water partition coefficient (Wildman–Crippen LogP) is 3.15. The summed E-state index contributed by atoms with van der Waals surface area (Å²) < 4.78 is 49.1. The van der Waals surface area contributed by atoms with E-state index in [4.69, 9.17) is 10.5 Å². The minimum Gasteiger partial charge on any atom is -0.415 e. The van der Waals surface area contributed by atoms with Gasteiger partial charge in [0.1, 0.15) is 11.5 Å². The van der Waals surface area contributed by atoms with Crippen molar-refractivity contribution < 1.29 is 27.4 Å². The highest BCUT2D eigenvalue weighted by Gasteiger charge is 2.52. The van der Waals surface area contributed by atoms with E-state index in [0.717, 1.165) is 18.8 Å². The zero-order valence-corrected chi connectivity index (χ0v) is 17.7. The van der Waals surface area contributed by atoms with Crippen LogP contribution in [0.1, 0.15) is 28.9 Å². The van der Waals surface area contributed by atoms with Crippen LogP contribution in [0.2, 0.25) is 0 Å². The Labute approximate surface area is 185 Å². The number of fused-ring (bicyclic) bond motifs is 1. The Morgan fingerprint density at radius 3 is 2.84 bits per heavy atom. The maximum Gasteiger partial charge on any atom is 0.388 e. The number of carbonyl (C=O) groups excluding carboxylic acids is 1. The Morgan fingerprint density at radius 1 is 1.34 bits per heavy atom. The summed E-state index contributed by atoms with van der Waals surface area (Å²) in [6, 6.07) is 4.21. The van der Waals surface area contributed by atoms with Crippen LogP contribution < -0.4 is 15.8 Å². The maximum atomic E-state index is 15.0. The molecule has 1 aliphatic heterocycles. The number of aliphatic imine (C=N–C) groups is 1. The van der Waals surface area contributed by atoms with E-state index in [1.165, 1.54) is 30.0 Å². The van der Waals surface area contributed by atoms with Gasteiger partial charge in [-0.3, -0.25) is 9.79 Å². The molecule has 1 aromatic heterocycles. The molecule has 3 atom stereocenters. The van der Waals surface area contributed by atoms with Crippen LogP contribution in [0.25, 0.3) is 0 Å². The molecule has 0 unspecified atom stereocenters. The molecule has 2 aliphatic rings. The summed E-state index contributed by atoms with van der Waals surface area (Å²) in [5.41, 5.74) is 5.64. The van der Waals surface area contributed by atoms with Crippen molar-refractivity contribution in [3.05, 3.63) is 47.7 Å². The molecular formula is C20H20F3N5O3S. The Bertz CT molecular complexity index is 1040. The number of hydrogen-bond donors (Lipinski definition) is 2. The zero-order valence-electron chi connectivity index (χ0n) is 16.9. The standard InChI is InChI=1S/C20H20F3N5O3S/c1-30-12-4-10-9-32-19(24)28-20(10,6-12)13-5-11(2-3-14(13)21)27-17(29)15-7-26-16(8-25-15)31-18(22)23/h2-3,5,7-8,10,12,18H,4,6,9H2,1H3,(H2,24,28)(H,27,29)/t10-,12+,20-/m0/s1. The van der Waals surface area contributed by atoms with Crippen molar-refractivity contribution in [2.45, 2.75) is 31.1 Å². The van der Waals surface area contributed by atoms with E-state index < -0.39 is 29.8 Å². The van der Waals surface area contributed by atoms with Gasteiger partial charge in [0.25, 0.3) is 5.91 Å². The van der Waals surface area contributed by atoms with Gasteiger partial charge in [-0.05, 0) is 24.6 Å². The molecule has 0 bridgehead atoms. The highest BCUT2D eigenvalue weighted by atomic mass is 32.2. The molecule has 1 saturated carbocycles. The molecule has 1 fully saturated rings. The number of amides is 1. The molecule has 12 heteroatoms. The van der Waals surface area contributed by atoms with Crippen LogP contribution in [0.4, 0.5) is 18.9 Å². The average Bonchev–Trinajstić information content (AvgIpc) is 3.14. The van der Waals surface area contributed by atoms with Gasteiger partial charge >= 0.3 is 6.61 Å². The van der Waals surface area contributed by atoms with Crippen LogP contribution in [-0.4, -0.2) is 46.6 Å². The van der Waals surface area contributed by atoms with Gasteiger partial charge < -0.3 is 20.5 Å². The Kier molecular flexibility index (Phi) is 6.24. The molecule has 0 saturated heterocycles. The van der Waals surface area contributed by atoms with Crippen LogP contribution in [0.5, 0.6) is 5.88 Å². The van der Waals surface area contributed by atoms with Gasteiger partial charge in [-0.2, -0.15) is 8.78 Å². The molecule has 0 radical (unpaired) electrons. The fourth-order valence-electron chi connectivity index (χ4n) is 4.15. The normalized spacial score (nSPS) is 24.7. The van der Waals surface area contributed by atoms with Gasteiger partial charge in [-0.1, -0.05) is 11.8 Å². The number of hydrogen-bond acceptors (Lipinski definition) is 8. The predicted molar refractivity (Wildman–Crippen MR) is 112 cm³/mol. The highest BCUT2D eigenvalue weighted by molar-refractivity contribution is 8.13. The van der Waals surface area contributed by atoms with Crippen LogP contribution in [0, 0.1) is 11.7 Å². The molecule has 3 N–H and O–H groups in total. The van der Waals surface area contributed by atoms with E-state index in [1.807, 2.05) is 0 Å². The minimum atomic E-state index is -3.05. The molecule has 170 valence electrons. The molecule has 32 heavy (non-hydrogen) atoms. The number of aromatic nitrogens is 2. The third-order valence-corrected chi connectivity index (χ3v) is 6.55. The van der Waals surface area contributed by atoms with Gasteiger partial charge in [0.15, 0.2) is 5.17 Å². The average molecular weight is 467 g/mol. The number of amidine groups is 1. The first-order chi connectivity index (χ1) is 15.3. The van der Waals surface area contributed by atoms with Crippen molar-refractivity contribution in [2.75, 3.05) is 18.2 Å². The van der Waals surface area contributed by atoms with Crippen molar-refractivity contribution in [1.29, 1.82) is 0 Å². The summed E-state index contributed by atoms with van der Waals surface area (Å²) in [5.74, 6) is -0.797. The lowest BCUT2D eigenvalue weighted by molar-refractivity contribution is -0.0531. The lowest BCUT2D eigenvalue weighted by atomic mass is 9.81. The number of nitrogens with one attached hydrogen (secondary N) is 1. The maximum absolute atomic E-state index is 15.0. The monoisotopic (exact) mass is 467 g/mol. The van der Waals surface area contributed by atoms with Gasteiger partial charge in [-0.25, -0.2) is 14.4 Å². The third-order valence-electron chi connectivity index (χ3n) is 5.60. The Balaban J connectivity index is 1.60. The second-order valence-electron chi connectivity index (χ2n) is 7.45. The molecule has 2 aromatic rings. The summed E-state index contributed by atoms with van der Waals surface area (Å²) in [6.07, 6.45) is 3.04. The number of benzene rings is 1. The highest BCUT2D eigenvalue weighted by Crippen LogP contribution is 2.52. The summed E-state index contributed by atoms with van der Waals surface area (Å²) in [4.78, 5) is 24.6. The van der Waals surface area contributed by atoms with E-state index in [2.05, 4.69) is 25.0 Å². The number of ether oxygens (including phenoxy) is 2. The number of thioether (sulfide) groups is 1. The number of methoxy groups -OCH3 is 1. The molecule has 2 heterocycles. The van der Waals surface area contributed by atoms with Crippen LogP contribution >= 0.6 is 11.8 Å². The molecular weight excluding hydrogens is 447 g/mol. The summed E-state index contributed by atoms with van der Waals surface area (Å²) in [6.45, 7) is -3.05. The smallest absolute Gasteiger partial charge is 0.388 e. The Hall–Kier alpha value is -2.86. The SMILES string of the molecule is CO[C@@H]1C[C@H]2CSC(N)=N[C@@]2(c2cc(NC(=O)c3cnc(OC(F)F)cn3)ccc2F)C1. The number of alkyl halides is 2. The van der Waals surface area contributed by atoms with Gasteiger partial charge in [0.2, 0.25) is 5.88 Å². The van der Waals surface area contributed by atoms with E-state index in [9.17, 15) is 18.0 Å². The number of carbonyl (C=O) groups is 1. The van der Waals surface area contributed by atoms with Crippen LogP contribution in [0.15, 0.2) is 35.6 Å². The molecule has 8 nitrogen and oxygen atoms in total. The fraction of sp³-hybridized carbons (Fsp3) is 0.400. The first-order valence-corrected chi connectivity index (χ1v) is 10.7. The first-order valence-electron chi connectivity index (χ1n) is 9.70. The number of rotatable bonds is 6. The third kappa shape index (κ3) is 4.37. The molecule has 1 aliphatic carbocycles. The van der Waals surface area contributed by atoms with Gasteiger partial charge in [-0.15, -0.1) is 0 Å². The van der Waals surface area contributed by atoms with Crippen molar-refractivity contribution >= 4 is 28.5 Å².